The summed E-state index contributed by atoms with van der Waals surface area (Å²) < 4.78 is 5.94. The van der Waals surface area contributed by atoms with Crippen LogP contribution in [-0.4, -0.2) is 61.3 Å². The van der Waals surface area contributed by atoms with E-state index in [9.17, 15) is 0 Å². The molecule has 0 aromatic rings. The quantitative estimate of drug-likeness (QED) is 0.538. The van der Waals surface area contributed by atoms with Crippen LogP contribution in [0.1, 0.15) is 6.42 Å². The Kier molecular flexibility index (Phi) is 1.35. The van der Waals surface area contributed by atoms with Crippen molar-refractivity contribution < 1.29 is 4.74 Å². The molecule has 0 N–H and O–H groups in total. The summed E-state index contributed by atoms with van der Waals surface area (Å²) in [7, 11) is 4.34. The highest BCUT2D eigenvalue weighted by molar-refractivity contribution is 5.11. The Bertz CT molecular complexity index is 193. The molecule has 3 fully saturated rings. The van der Waals surface area contributed by atoms with Crippen LogP contribution in [0.4, 0.5) is 0 Å². The van der Waals surface area contributed by atoms with E-state index in [1.807, 2.05) is 0 Å². The third kappa shape index (κ3) is 0.721. The lowest BCUT2D eigenvalue weighted by Crippen LogP contribution is -2.41. The standard InChI is InChI=1S/C9H16N2O/c1-10(2)8-7-5-11-4-3-6(12-7)9(8)11/h6-9H,3-5H2,1-2H3. The van der Waals surface area contributed by atoms with Gasteiger partial charge in [-0.15, -0.1) is 0 Å². The van der Waals surface area contributed by atoms with Gasteiger partial charge in [0.05, 0.1) is 24.3 Å². The summed E-state index contributed by atoms with van der Waals surface area (Å²) in [5, 5.41) is 0. The maximum absolute atomic E-state index is 5.94. The van der Waals surface area contributed by atoms with Crippen LogP contribution < -0.4 is 0 Å². The lowest BCUT2D eigenvalue weighted by Gasteiger charge is -2.23. The van der Waals surface area contributed by atoms with E-state index in [-0.39, 0.29) is 0 Å². The van der Waals surface area contributed by atoms with Gasteiger partial charge in [-0.05, 0) is 20.5 Å². The molecule has 3 nitrogen and oxygen atoms in total. The summed E-state index contributed by atoms with van der Waals surface area (Å²) in [4.78, 5) is 4.93. The number of fused-ring (bicyclic) bond motifs is 1. The van der Waals surface area contributed by atoms with Crippen LogP contribution in [0.3, 0.4) is 0 Å². The predicted molar refractivity (Wildman–Crippen MR) is 46.1 cm³/mol. The van der Waals surface area contributed by atoms with Gasteiger partial charge in [0, 0.05) is 13.1 Å². The molecule has 3 aliphatic rings. The lowest BCUT2D eigenvalue weighted by atomic mass is 10.1. The van der Waals surface area contributed by atoms with E-state index in [0.717, 1.165) is 0 Å². The molecule has 0 saturated carbocycles. The summed E-state index contributed by atoms with van der Waals surface area (Å²) in [5.41, 5.74) is 0. The van der Waals surface area contributed by atoms with E-state index in [1.54, 1.807) is 0 Å². The minimum absolute atomic E-state index is 0.498. The molecule has 68 valence electrons. The van der Waals surface area contributed by atoms with E-state index in [0.29, 0.717) is 24.3 Å². The molecule has 0 amide bonds. The van der Waals surface area contributed by atoms with Gasteiger partial charge in [-0.3, -0.25) is 4.90 Å². The smallest absolute Gasteiger partial charge is 0.0877 e. The number of hydrogen-bond donors (Lipinski definition) is 0. The molecule has 2 bridgehead atoms. The highest BCUT2D eigenvalue weighted by Gasteiger charge is 2.57. The van der Waals surface area contributed by atoms with Crippen molar-refractivity contribution in [3.05, 3.63) is 0 Å². The Hall–Kier alpha value is -0.120. The Balaban J connectivity index is 1.91. The highest BCUT2D eigenvalue weighted by Crippen LogP contribution is 2.41. The van der Waals surface area contributed by atoms with Crippen LogP contribution in [0, 0.1) is 0 Å². The lowest BCUT2D eigenvalue weighted by molar-refractivity contribution is 0.00583. The Morgan fingerprint density at radius 3 is 2.75 bits per heavy atom. The van der Waals surface area contributed by atoms with Gasteiger partial charge in [0.15, 0.2) is 0 Å². The molecule has 4 unspecified atom stereocenters. The maximum atomic E-state index is 5.94. The SMILES string of the molecule is CN(C)C1C2CN3CCC(O2)C13. The Morgan fingerprint density at radius 1 is 1.33 bits per heavy atom. The fourth-order valence-electron chi connectivity index (χ4n) is 3.19. The second-order valence-corrected chi connectivity index (χ2v) is 4.44. The van der Waals surface area contributed by atoms with Gasteiger partial charge in [-0.25, -0.2) is 0 Å². The number of hydrogen-bond acceptors (Lipinski definition) is 3. The van der Waals surface area contributed by atoms with Gasteiger partial charge in [0.25, 0.3) is 0 Å². The Labute approximate surface area is 73.3 Å². The second-order valence-electron chi connectivity index (χ2n) is 4.44. The van der Waals surface area contributed by atoms with E-state index in [1.165, 1.54) is 19.5 Å². The summed E-state index contributed by atoms with van der Waals surface area (Å²) in [6, 6.07) is 1.38. The first kappa shape index (κ1) is 7.30. The molecule has 12 heavy (non-hydrogen) atoms. The molecule has 3 saturated heterocycles. The minimum Gasteiger partial charge on any atom is -0.370 e. The van der Waals surface area contributed by atoms with Gasteiger partial charge in [-0.2, -0.15) is 0 Å². The van der Waals surface area contributed by atoms with Crippen LogP contribution >= 0.6 is 0 Å². The van der Waals surface area contributed by atoms with Crippen molar-refractivity contribution in [3.63, 3.8) is 0 Å². The van der Waals surface area contributed by atoms with Crippen LogP contribution in [0.2, 0.25) is 0 Å². The van der Waals surface area contributed by atoms with E-state index in [2.05, 4.69) is 23.9 Å². The first-order valence-electron chi connectivity index (χ1n) is 4.83. The van der Waals surface area contributed by atoms with Crippen LogP contribution in [-0.2, 0) is 4.74 Å². The van der Waals surface area contributed by atoms with Crippen LogP contribution in [0.5, 0.6) is 0 Å². The molecule has 3 rings (SSSR count). The minimum atomic E-state index is 0.498. The van der Waals surface area contributed by atoms with Crippen molar-refractivity contribution in [2.75, 3.05) is 27.2 Å². The fraction of sp³-hybridized carbons (Fsp3) is 1.00. The summed E-state index contributed by atoms with van der Waals surface area (Å²) in [5.74, 6) is 0. The normalized spacial score (nSPS) is 51.2. The van der Waals surface area contributed by atoms with Crippen LogP contribution in [0.25, 0.3) is 0 Å². The van der Waals surface area contributed by atoms with Gasteiger partial charge in [0.2, 0.25) is 0 Å². The zero-order valence-corrected chi connectivity index (χ0v) is 7.73. The summed E-state index contributed by atoms with van der Waals surface area (Å²) in [6.45, 7) is 2.43. The monoisotopic (exact) mass is 168 g/mol. The molecular formula is C9H16N2O. The molecule has 3 aliphatic heterocycles. The maximum Gasteiger partial charge on any atom is 0.0877 e. The zero-order valence-electron chi connectivity index (χ0n) is 7.73. The molecule has 3 heterocycles. The number of rotatable bonds is 1. The first-order valence-corrected chi connectivity index (χ1v) is 4.83. The molecule has 4 atom stereocenters. The highest BCUT2D eigenvalue weighted by atomic mass is 16.5. The predicted octanol–water partition coefficient (Wildman–Crippen LogP) is -0.228. The first-order chi connectivity index (χ1) is 5.77. The average molecular weight is 168 g/mol. The zero-order chi connectivity index (χ0) is 8.29. The molecule has 0 spiro atoms. The topological polar surface area (TPSA) is 15.7 Å². The van der Waals surface area contributed by atoms with Gasteiger partial charge in [-0.1, -0.05) is 0 Å². The largest absolute Gasteiger partial charge is 0.370 e. The van der Waals surface area contributed by atoms with Gasteiger partial charge in [0.1, 0.15) is 0 Å². The van der Waals surface area contributed by atoms with E-state index < -0.39 is 0 Å². The third-order valence-corrected chi connectivity index (χ3v) is 3.59. The molecule has 0 aliphatic carbocycles. The van der Waals surface area contributed by atoms with E-state index >= 15 is 0 Å². The molecule has 3 heteroatoms. The third-order valence-electron chi connectivity index (χ3n) is 3.59. The molecule has 0 aromatic heterocycles. The number of likely N-dealkylation sites (N-methyl/N-ethyl adjacent to an activating group) is 1. The summed E-state index contributed by atoms with van der Waals surface area (Å²) in [6.07, 6.45) is 2.31. The van der Waals surface area contributed by atoms with Crippen molar-refractivity contribution in [2.45, 2.75) is 30.7 Å². The Morgan fingerprint density at radius 2 is 2.17 bits per heavy atom. The van der Waals surface area contributed by atoms with Crippen molar-refractivity contribution in [2.24, 2.45) is 0 Å². The molecule has 0 aromatic carbocycles. The van der Waals surface area contributed by atoms with Crippen molar-refractivity contribution in [1.29, 1.82) is 0 Å². The number of morpholine rings is 1. The molecular weight excluding hydrogens is 152 g/mol. The summed E-state index contributed by atoms with van der Waals surface area (Å²) >= 11 is 0. The number of nitrogens with zero attached hydrogens (tertiary/aromatic N) is 2. The van der Waals surface area contributed by atoms with E-state index in [4.69, 9.17) is 4.74 Å². The molecule has 0 radical (unpaired) electrons. The van der Waals surface area contributed by atoms with Crippen molar-refractivity contribution in [3.8, 4) is 0 Å². The number of ether oxygens (including phenoxy) is 1. The fourth-order valence-corrected chi connectivity index (χ4v) is 3.19. The second kappa shape index (κ2) is 2.22. The average Bonchev–Trinajstić information content (AvgIpc) is 2.54. The van der Waals surface area contributed by atoms with Crippen molar-refractivity contribution >= 4 is 0 Å². The van der Waals surface area contributed by atoms with Crippen molar-refractivity contribution in [1.82, 2.24) is 9.80 Å². The van der Waals surface area contributed by atoms with Crippen LogP contribution in [0.15, 0.2) is 0 Å². The van der Waals surface area contributed by atoms with Gasteiger partial charge >= 0.3 is 0 Å². The van der Waals surface area contributed by atoms with Gasteiger partial charge < -0.3 is 9.64 Å².